The fourth-order valence-corrected chi connectivity index (χ4v) is 2.84. The van der Waals surface area contributed by atoms with Crippen molar-refractivity contribution in [2.75, 3.05) is 44.4 Å². The van der Waals surface area contributed by atoms with E-state index >= 15 is 0 Å². The topological polar surface area (TPSA) is 92.7 Å². The van der Waals surface area contributed by atoms with Crippen LogP contribution in [0.15, 0.2) is 23.1 Å². The first kappa shape index (κ1) is 16.7. The summed E-state index contributed by atoms with van der Waals surface area (Å²) in [5.41, 5.74) is 6.67. The maximum atomic E-state index is 11.7. The summed E-state index contributed by atoms with van der Waals surface area (Å²) in [6.45, 7) is 4.40. The maximum absolute atomic E-state index is 11.7. The van der Waals surface area contributed by atoms with Crippen LogP contribution in [0.3, 0.4) is 0 Å². The quantitative estimate of drug-likeness (QED) is 0.723. The molecule has 0 aliphatic carbocycles. The van der Waals surface area contributed by atoms with Crippen LogP contribution < -0.4 is 15.8 Å². The van der Waals surface area contributed by atoms with Crippen LogP contribution in [0.2, 0.25) is 0 Å². The van der Waals surface area contributed by atoms with E-state index in [1.807, 2.05) is 25.9 Å². The lowest BCUT2D eigenvalue weighted by Crippen LogP contribution is -2.29. The molecule has 1 aromatic rings. The maximum Gasteiger partial charge on any atom is 0.240 e. The van der Waals surface area contributed by atoms with E-state index in [1.54, 1.807) is 12.1 Å². The molecule has 1 rings (SSSR count). The number of hydrogen-bond donors (Lipinski definition) is 2. The van der Waals surface area contributed by atoms with Crippen LogP contribution in [0.25, 0.3) is 0 Å². The highest BCUT2D eigenvalue weighted by Crippen LogP contribution is 2.26. The summed E-state index contributed by atoms with van der Waals surface area (Å²) in [6.07, 6.45) is 0.940. The summed E-state index contributed by atoms with van der Waals surface area (Å²) >= 11 is 0. The predicted octanol–water partition coefficient (Wildman–Crippen LogP) is 0.694. The molecule has 0 atom stereocenters. The second-order valence-electron chi connectivity index (χ2n) is 5.01. The van der Waals surface area contributed by atoms with E-state index in [2.05, 4.69) is 4.90 Å². The summed E-state index contributed by atoms with van der Waals surface area (Å²) in [5, 5.41) is 5.28. The molecule has 0 aliphatic rings. The Morgan fingerprint density at radius 2 is 1.85 bits per heavy atom. The van der Waals surface area contributed by atoms with E-state index in [-0.39, 0.29) is 4.90 Å². The second kappa shape index (κ2) is 6.92. The Labute approximate surface area is 121 Å². The first-order chi connectivity index (χ1) is 9.25. The Morgan fingerprint density at radius 1 is 1.20 bits per heavy atom. The standard InChI is InChI=1S/C13H24N4O2S/c1-4-17(9-5-8-16(2)3)12-7-6-11(14)10-13(12)20(15,18)19/h6-7,10H,4-5,8-9,14H2,1-3H3,(H2,15,18,19). The SMILES string of the molecule is CCN(CCCN(C)C)c1ccc(N)cc1S(N)(=O)=O. The van der Waals surface area contributed by atoms with Gasteiger partial charge in [0.15, 0.2) is 0 Å². The lowest BCUT2D eigenvalue weighted by atomic mass is 10.2. The zero-order valence-corrected chi connectivity index (χ0v) is 13.2. The van der Waals surface area contributed by atoms with Gasteiger partial charge in [0.2, 0.25) is 10.0 Å². The number of hydrogen-bond acceptors (Lipinski definition) is 5. The van der Waals surface area contributed by atoms with Crippen molar-refractivity contribution in [3.8, 4) is 0 Å². The highest BCUT2D eigenvalue weighted by Gasteiger charge is 2.18. The second-order valence-corrected chi connectivity index (χ2v) is 6.54. The minimum absolute atomic E-state index is 0.0872. The first-order valence-corrected chi connectivity index (χ1v) is 8.12. The van der Waals surface area contributed by atoms with Gasteiger partial charge in [0.1, 0.15) is 4.90 Å². The summed E-state index contributed by atoms with van der Waals surface area (Å²) in [4.78, 5) is 4.18. The molecule has 7 heteroatoms. The smallest absolute Gasteiger partial charge is 0.240 e. The van der Waals surface area contributed by atoms with Gasteiger partial charge in [-0.15, -0.1) is 0 Å². The number of nitrogens with zero attached hydrogens (tertiary/aromatic N) is 2. The Balaban J connectivity index is 3.03. The molecule has 20 heavy (non-hydrogen) atoms. The van der Waals surface area contributed by atoms with Crippen molar-refractivity contribution in [3.63, 3.8) is 0 Å². The van der Waals surface area contributed by atoms with Gasteiger partial charge in [0.05, 0.1) is 5.69 Å². The number of anilines is 2. The molecule has 114 valence electrons. The lowest BCUT2D eigenvalue weighted by molar-refractivity contribution is 0.400. The van der Waals surface area contributed by atoms with Crippen LogP contribution >= 0.6 is 0 Å². The van der Waals surface area contributed by atoms with Crippen LogP contribution in [-0.4, -0.2) is 47.0 Å². The van der Waals surface area contributed by atoms with Gasteiger partial charge in [0, 0.05) is 18.8 Å². The van der Waals surface area contributed by atoms with Crippen molar-refractivity contribution in [2.24, 2.45) is 5.14 Å². The van der Waals surface area contributed by atoms with E-state index in [0.717, 1.165) is 19.5 Å². The number of nitrogen functional groups attached to an aromatic ring is 1. The Morgan fingerprint density at radius 3 is 2.35 bits per heavy atom. The van der Waals surface area contributed by atoms with Gasteiger partial charge in [-0.2, -0.15) is 0 Å². The van der Waals surface area contributed by atoms with Gasteiger partial charge in [-0.05, 0) is 52.2 Å². The number of sulfonamides is 1. The largest absolute Gasteiger partial charge is 0.399 e. The monoisotopic (exact) mass is 300 g/mol. The average molecular weight is 300 g/mol. The van der Waals surface area contributed by atoms with E-state index < -0.39 is 10.0 Å². The Hall–Kier alpha value is -1.31. The van der Waals surface area contributed by atoms with E-state index in [1.165, 1.54) is 6.07 Å². The van der Waals surface area contributed by atoms with Crippen molar-refractivity contribution < 1.29 is 8.42 Å². The summed E-state index contributed by atoms with van der Waals surface area (Å²) in [5.74, 6) is 0. The van der Waals surface area contributed by atoms with Crippen LogP contribution in [0.1, 0.15) is 13.3 Å². The third-order valence-corrected chi connectivity index (χ3v) is 3.99. The van der Waals surface area contributed by atoms with Gasteiger partial charge in [-0.3, -0.25) is 0 Å². The van der Waals surface area contributed by atoms with Crippen molar-refractivity contribution in [3.05, 3.63) is 18.2 Å². The Bertz CT molecular complexity index is 543. The van der Waals surface area contributed by atoms with Crippen molar-refractivity contribution in [1.29, 1.82) is 0 Å². The number of rotatable bonds is 7. The third kappa shape index (κ3) is 4.66. The molecule has 0 saturated carbocycles. The van der Waals surface area contributed by atoms with Crippen LogP contribution in [0.5, 0.6) is 0 Å². The molecule has 0 amide bonds. The summed E-state index contributed by atoms with van der Waals surface area (Å²) in [6, 6.07) is 4.83. The predicted molar refractivity (Wildman–Crippen MR) is 83.3 cm³/mol. The minimum Gasteiger partial charge on any atom is -0.399 e. The molecular formula is C13H24N4O2S. The van der Waals surface area contributed by atoms with E-state index in [9.17, 15) is 8.42 Å². The van der Waals surface area contributed by atoms with Gasteiger partial charge in [-0.1, -0.05) is 0 Å². The third-order valence-electron chi connectivity index (χ3n) is 3.05. The highest BCUT2D eigenvalue weighted by molar-refractivity contribution is 7.89. The number of primary sulfonamides is 1. The molecule has 0 heterocycles. The fourth-order valence-electron chi connectivity index (χ4n) is 2.05. The summed E-state index contributed by atoms with van der Waals surface area (Å²) in [7, 11) is 0.234. The molecule has 0 aromatic heterocycles. The van der Waals surface area contributed by atoms with Crippen molar-refractivity contribution >= 4 is 21.4 Å². The van der Waals surface area contributed by atoms with E-state index in [0.29, 0.717) is 17.9 Å². The minimum atomic E-state index is -3.78. The normalized spacial score (nSPS) is 11.8. The van der Waals surface area contributed by atoms with Crippen LogP contribution in [0.4, 0.5) is 11.4 Å². The molecule has 4 N–H and O–H groups in total. The fraction of sp³-hybridized carbons (Fsp3) is 0.538. The van der Waals surface area contributed by atoms with Crippen LogP contribution in [-0.2, 0) is 10.0 Å². The molecule has 0 unspecified atom stereocenters. The summed E-state index contributed by atoms with van der Waals surface area (Å²) < 4.78 is 23.4. The number of nitrogens with two attached hydrogens (primary N) is 2. The van der Waals surface area contributed by atoms with Gasteiger partial charge >= 0.3 is 0 Å². The molecule has 0 radical (unpaired) electrons. The van der Waals surface area contributed by atoms with Crippen molar-refractivity contribution in [2.45, 2.75) is 18.2 Å². The van der Waals surface area contributed by atoms with Gasteiger partial charge in [-0.25, -0.2) is 13.6 Å². The van der Waals surface area contributed by atoms with Gasteiger partial charge < -0.3 is 15.5 Å². The Kier molecular flexibility index (Phi) is 5.79. The zero-order valence-electron chi connectivity index (χ0n) is 12.3. The molecule has 6 nitrogen and oxygen atoms in total. The molecule has 0 bridgehead atoms. The first-order valence-electron chi connectivity index (χ1n) is 6.57. The molecule has 0 saturated heterocycles. The average Bonchev–Trinajstić information content (AvgIpc) is 2.34. The number of benzene rings is 1. The molecule has 0 aliphatic heterocycles. The molecule has 0 fully saturated rings. The molecule has 0 spiro atoms. The van der Waals surface area contributed by atoms with E-state index in [4.69, 9.17) is 10.9 Å². The van der Waals surface area contributed by atoms with Gasteiger partial charge in [0.25, 0.3) is 0 Å². The molecule has 1 aromatic carbocycles. The van der Waals surface area contributed by atoms with Crippen LogP contribution in [0, 0.1) is 0 Å². The highest BCUT2D eigenvalue weighted by atomic mass is 32.2. The van der Waals surface area contributed by atoms with Crippen molar-refractivity contribution in [1.82, 2.24) is 4.90 Å². The zero-order chi connectivity index (χ0) is 15.3. The lowest BCUT2D eigenvalue weighted by Gasteiger charge is -2.26. The molecular weight excluding hydrogens is 276 g/mol.